The van der Waals surface area contributed by atoms with Gasteiger partial charge in [-0.2, -0.15) is 13.2 Å². The Balaban J connectivity index is 1.88. The van der Waals surface area contributed by atoms with Crippen LogP contribution in [0.2, 0.25) is 0 Å². The number of alkyl halides is 3. The number of aliphatic carboxylic acids is 1. The minimum atomic E-state index is -4.66. The number of rotatable bonds is 2. The third-order valence-corrected chi connectivity index (χ3v) is 5.32. The summed E-state index contributed by atoms with van der Waals surface area (Å²) >= 11 is 0.350. The lowest BCUT2D eigenvalue weighted by Crippen LogP contribution is -2.45. The number of carbonyl (C=O) groups is 2. The van der Waals surface area contributed by atoms with Gasteiger partial charge in [-0.15, -0.1) is 11.3 Å². The number of ether oxygens (including phenoxy) is 1. The number of hydrogen-bond donors (Lipinski definition) is 1. The standard InChI is InChI=1S/C13H13F3N2O4S/c14-13(15,16)9-8(17-6-23-9)10(19)18-3-7-4-22-2-1-12(7,5-18)11(20)21/h6-7H,1-5H2,(H,20,21)/t7-,12+/m0/s1. The summed E-state index contributed by atoms with van der Waals surface area (Å²) in [5.74, 6) is -2.35. The van der Waals surface area contributed by atoms with Crippen LogP contribution in [0.4, 0.5) is 13.2 Å². The number of amides is 1. The number of halogens is 3. The molecule has 1 aromatic heterocycles. The minimum Gasteiger partial charge on any atom is -0.481 e. The van der Waals surface area contributed by atoms with E-state index in [-0.39, 0.29) is 32.7 Å². The molecule has 1 aromatic rings. The van der Waals surface area contributed by atoms with Crippen LogP contribution in [0.15, 0.2) is 5.51 Å². The van der Waals surface area contributed by atoms with Crippen LogP contribution in [0.1, 0.15) is 21.8 Å². The zero-order valence-electron chi connectivity index (χ0n) is 11.8. The van der Waals surface area contributed by atoms with Crippen molar-refractivity contribution in [2.24, 2.45) is 11.3 Å². The molecule has 0 radical (unpaired) electrons. The molecule has 6 nitrogen and oxygen atoms in total. The molecule has 2 atom stereocenters. The third-order valence-electron chi connectivity index (χ3n) is 4.45. The van der Waals surface area contributed by atoms with Crippen LogP contribution in [-0.4, -0.2) is 53.2 Å². The van der Waals surface area contributed by atoms with Crippen LogP contribution in [-0.2, 0) is 15.7 Å². The van der Waals surface area contributed by atoms with Crippen molar-refractivity contribution in [2.45, 2.75) is 12.6 Å². The maximum absolute atomic E-state index is 12.9. The van der Waals surface area contributed by atoms with Gasteiger partial charge in [0.1, 0.15) is 4.88 Å². The number of carboxylic acids is 1. The van der Waals surface area contributed by atoms with E-state index in [4.69, 9.17) is 4.74 Å². The van der Waals surface area contributed by atoms with Gasteiger partial charge in [0.15, 0.2) is 5.69 Å². The molecule has 3 heterocycles. The Labute approximate surface area is 132 Å². The van der Waals surface area contributed by atoms with E-state index < -0.39 is 40.0 Å². The Kier molecular flexibility index (Phi) is 3.83. The van der Waals surface area contributed by atoms with Gasteiger partial charge in [-0.3, -0.25) is 9.59 Å². The van der Waals surface area contributed by atoms with Crippen LogP contribution in [0.3, 0.4) is 0 Å². The van der Waals surface area contributed by atoms with Crippen LogP contribution < -0.4 is 0 Å². The molecule has 0 unspecified atom stereocenters. The lowest BCUT2D eigenvalue weighted by molar-refractivity contribution is -0.157. The highest BCUT2D eigenvalue weighted by atomic mass is 32.1. The van der Waals surface area contributed by atoms with Crippen molar-refractivity contribution in [1.29, 1.82) is 0 Å². The summed E-state index contributed by atoms with van der Waals surface area (Å²) in [5.41, 5.74) is -0.847. The molecule has 0 aromatic carbocycles. The van der Waals surface area contributed by atoms with Crippen LogP contribution in [0.5, 0.6) is 0 Å². The molecule has 0 saturated carbocycles. The second kappa shape index (κ2) is 5.45. The van der Waals surface area contributed by atoms with Crippen molar-refractivity contribution in [1.82, 2.24) is 9.88 Å². The summed E-state index contributed by atoms with van der Waals surface area (Å²) in [6.07, 6.45) is -4.42. The summed E-state index contributed by atoms with van der Waals surface area (Å²) < 4.78 is 44.0. The van der Waals surface area contributed by atoms with E-state index in [1.54, 1.807) is 0 Å². The zero-order chi connectivity index (χ0) is 16.8. The highest BCUT2D eigenvalue weighted by Crippen LogP contribution is 2.43. The van der Waals surface area contributed by atoms with E-state index in [0.717, 1.165) is 10.4 Å². The van der Waals surface area contributed by atoms with Crippen molar-refractivity contribution in [3.63, 3.8) is 0 Å². The number of likely N-dealkylation sites (tertiary alicyclic amines) is 1. The van der Waals surface area contributed by atoms with E-state index in [1.165, 1.54) is 0 Å². The fourth-order valence-electron chi connectivity index (χ4n) is 3.20. The number of thiazole rings is 1. The van der Waals surface area contributed by atoms with E-state index in [9.17, 15) is 27.9 Å². The summed E-state index contributed by atoms with van der Waals surface area (Å²) in [6, 6.07) is 0. The molecule has 10 heteroatoms. The molecular formula is C13H13F3N2O4S. The molecule has 2 aliphatic heterocycles. The normalized spacial score (nSPS) is 27.8. The first-order valence-electron chi connectivity index (χ1n) is 6.87. The minimum absolute atomic E-state index is 0.0555. The van der Waals surface area contributed by atoms with Crippen LogP contribution >= 0.6 is 11.3 Å². The molecule has 0 spiro atoms. The second-order valence-corrected chi connectivity index (χ2v) is 6.55. The van der Waals surface area contributed by atoms with E-state index in [2.05, 4.69) is 4.98 Å². The summed E-state index contributed by atoms with van der Waals surface area (Å²) in [7, 11) is 0. The second-order valence-electron chi connectivity index (χ2n) is 5.70. The Morgan fingerprint density at radius 2 is 2.22 bits per heavy atom. The fraction of sp³-hybridized carbons (Fsp3) is 0.615. The zero-order valence-corrected chi connectivity index (χ0v) is 12.6. The summed E-state index contributed by atoms with van der Waals surface area (Å²) in [6.45, 7) is 0.374. The van der Waals surface area contributed by atoms with Crippen molar-refractivity contribution >= 4 is 23.2 Å². The molecule has 23 heavy (non-hydrogen) atoms. The van der Waals surface area contributed by atoms with Gasteiger partial charge in [-0.1, -0.05) is 0 Å². The number of carbonyl (C=O) groups excluding carboxylic acids is 1. The van der Waals surface area contributed by atoms with Gasteiger partial charge in [0, 0.05) is 25.6 Å². The van der Waals surface area contributed by atoms with Crippen LogP contribution in [0, 0.1) is 11.3 Å². The molecule has 0 aliphatic carbocycles. The fourth-order valence-corrected chi connectivity index (χ4v) is 3.85. The molecule has 0 bridgehead atoms. The van der Waals surface area contributed by atoms with Gasteiger partial charge in [0.2, 0.25) is 0 Å². The maximum Gasteiger partial charge on any atom is 0.427 e. The monoisotopic (exact) mass is 350 g/mol. The first-order valence-corrected chi connectivity index (χ1v) is 7.75. The smallest absolute Gasteiger partial charge is 0.427 e. The number of fused-ring (bicyclic) bond motifs is 1. The predicted octanol–water partition coefficient (Wildman–Crippen LogP) is 1.73. The van der Waals surface area contributed by atoms with Crippen molar-refractivity contribution in [3.05, 3.63) is 16.1 Å². The third kappa shape index (κ3) is 2.59. The SMILES string of the molecule is O=C(c1ncsc1C(F)(F)F)N1C[C@H]2COCC[C@@]2(C(=O)O)C1. The highest BCUT2D eigenvalue weighted by Gasteiger charge is 2.55. The first kappa shape index (κ1) is 16.2. The number of hydrogen-bond acceptors (Lipinski definition) is 5. The van der Waals surface area contributed by atoms with Gasteiger partial charge < -0.3 is 14.7 Å². The molecule has 3 rings (SSSR count). The highest BCUT2D eigenvalue weighted by molar-refractivity contribution is 7.10. The maximum atomic E-state index is 12.9. The Morgan fingerprint density at radius 1 is 1.48 bits per heavy atom. The molecule has 2 saturated heterocycles. The van der Waals surface area contributed by atoms with Crippen molar-refractivity contribution in [2.75, 3.05) is 26.3 Å². The van der Waals surface area contributed by atoms with Gasteiger partial charge in [-0.25, -0.2) is 4.98 Å². The van der Waals surface area contributed by atoms with Gasteiger partial charge >= 0.3 is 12.1 Å². The lowest BCUT2D eigenvalue weighted by atomic mass is 9.74. The number of carboxylic acid groups (broad SMARTS) is 1. The quantitative estimate of drug-likeness (QED) is 0.879. The largest absolute Gasteiger partial charge is 0.481 e. The summed E-state index contributed by atoms with van der Waals surface area (Å²) in [5, 5.41) is 9.53. The molecule has 2 aliphatic rings. The molecular weight excluding hydrogens is 337 g/mol. The lowest BCUT2D eigenvalue weighted by Gasteiger charge is -2.33. The number of nitrogens with zero attached hydrogens (tertiary/aromatic N) is 2. The van der Waals surface area contributed by atoms with E-state index >= 15 is 0 Å². The molecule has 126 valence electrons. The Bertz CT molecular complexity index is 647. The average molecular weight is 350 g/mol. The van der Waals surface area contributed by atoms with E-state index in [1.807, 2.05) is 0 Å². The average Bonchev–Trinajstić information content (AvgIpc) is 3.11. The number of aromatic nitrogens is 1. The van der Waals surface area contributed by atoms with Gasteiger partial charge in [0.05, 0.1) is 17.5 Å². The molecule has 1 amide bonds. The molecule has 1 N–H and O–H groups in total. The van der Waals surface area contributed by atoms with Crippen LogP contribution in [0.25, 0.3) is 0 Å². The van der Waals surface area contributed by atoms with Gasteiger partial charge in [-0.05, 0) is 6.42 Å². The van der Waals surface area contributed by atoms with Gasteiger partial charge in [0.25, 0.3) is 5.91 Å². The van der Waals surface area contributed by atoms with Crippen molar-refractivity contribution < 1.29 is 32.6 Å². The Hall–Kier alpha value is -1.68. The molecule has 2 fully saturated rings. The summed E-state index contributed by atoms with van der Waals surface area (Å²) in [4.78, 5) is 27.7. The predicted molar refractivity (Wildman–Crippen MR) is 72.0 cm³/mol. The van der Waals surface area contributed by atoms with E-state index in [0.29, 0.717) is 11.3 Å². The first-order chi connectivity index (χ1) is 10.8. The topological polar surface area (TPSA) is 79.7 Å². The Morgan fingerprint density at radius 3 is 2.83 bits per heavy atom. The van der Waals surface area contributed by atoms with Crippen molar-refractivity contribution in [3.8, 4) is 0 Å².